The Kier molecular flexibility index (Phi) is 5.00. The van der Waals surface area contributed by atoms with Crippen molar-refractivity contribution in [3.63, 3.8) is 0 Å². The molecule has 1 saturated heterocycles. The van der Waals surface area contributed by atoms with E-state index in [9.17, 15) is 8.42 Å². The summed E-state index contributed by atoms with van der Waals surface area (Å²) in [5, 5.41) is 4.09. The SMILES string of the molecule is CCn1cc(S(=O)(=O)N2CCc3nc(C4CCCCN4C)ncc3C2)cn1. The first-order chi connectivity index (χ1) is 13.0. The summed E-state index contributed by atoms with van der Waals surface area (Å²) in [6, 6.07) is 0.269. The van der Waals surface area contributed by atoms with Crippen LogP contribution >= 0.6 is 0 Å². The number of piperidine rings is 1. The van der Waals surface area contributed by atoms with Crippen LogP contribution in [0.5, 0.6) is 0 Å². The summed E-state index contributed by atoms with van der Waals surface area (Å²) < 4.78 is 28.9. The third-order valence-corrected chi connectivity index (χ3v) is 7.36. The van der Waals surface area contributed by atoms with Gasteiger partial charge in [-0.15, -0.1) is 0 Å². The number of hydrogen-bond donors (Lipinski definition) is 0. The highest BCUT2D eigenvalue weighted by atomic mass is 32.2. The number of hydrogen-bond acceptors (Lipinski definition) is 6. The van der Waals surface area contributed by atoms with Gasteiger partial charge >= 0.3 is 0 Å². The van der Waals surface area contributed by atoms with Gasteiger partial charge in [0, 0.05) is 49.7 Å². The Morgan fingerprint density at radius 3 is 2.81 bits per heavy atom. The zero-order chi connectivity index (χ0) is 19.0. The Bertz CT molecular complexity index is 926. The molecule has 1 atom stereocenters. The summed E-state index contributed by atoms with van der Waals surface area (Å²) >= 11 is 0. The van der Waals surface area contributed by atoms with Crippen LogP contribution in [0.1, 0.15) is 49.3 Å². The minimum absolute atomic E-state index is 0.245. The molecule has 0 amide bonds. The van der Waals surface area contributed by atoms with Crippen LogP contribution in [0, 0.1) is 0 Å². The lowest BCUT2D eigenvalue weighted by Gasteiger charge is -2.32. The lowest BCUT2D eigenvalue weighted by atomic mass is 10.0. The van der Waals surface area contributed by atoms with Gasteiger partial charge in [-0.1, -0.05) is 6.42 Å². The zero-order valence-corrected chi connectivity index (χ0v) is 16.7. The summed E-state index contributed by atoms with van der Waals surface area (Å²) in [5.74, 6) is 0.872. The van der Waals surface area contributed by atoms with Crippen molar-refractivity contribution in [2.75, 3.05) is 20.1 Å². The fourth-order valence-corrected chi connectivity index (χ4v) is 5.25. The van der Waals surface area contributed by atoms with Crippen molar-refractivity contribution in [2.24, 2.45) is 0 Å². The highest BCUT2D eigenvalue weighted by molar-refractivity contribution is 7.89. The molecule has 2 aromatic rings. The van der Waals surface area contributed by atoms with Crippen LogP contribution in [-0.4, -0.2) is 57.5 Å². The minimum atomic E-state index is -3.55. The molecule has 27 heavy (non-hydrogen) atoms. The molecule has 0 aliphatic carbocycles. The second kappa shape index (κ2) is 7.29. The lowest BCUT2D eigenvalue weighted by molar-refractivity contribution is 0.179. The van der Waals surface area contributed by atoms with Crippen LogP contribution in [0.2, 0.25) is 0 Å². The van der Waals surface area contributed by atoms with E-state index >= 15 is 0 Å². The maximum Gasteiger partial charge on any atom is 0.246 e. The van der Waals surface area contributed by atoms with E-state index in [1.54, 1.807) is 10.9 Å². The highest BCUT2D eigenvalue weighted by Gasteiger charge is 2.31. The molecule has 9 heteroatoms. The van der Waals surface area contributed by atoms with E-state index in [1.165, 1.54) is 23.3 Å². The molecule has 0 saturated carbocycles. The topological polar surface area (TPSA) is 84.2 Å². The van der Waals surface area contributed by atoms with Crippen LogP contribution in [0.3, 0.4) is 0 Å². The molecule has 4 heterocycles. The third-order valence-electron chi connectivity index (χ3n) is 5.56. The van der Waals surface area contributed by atoms with E-state index in [4.69, 9.17) is 4.98 Å². The van der Waals surface area contributed by atoms with Crippen molar-refractivity contribution in [3.8, 4) is 0 Å². The maximum atomic E-state index is 12.9. The Labute approximate surface area is 160 Å². The van der Waals surface area contributed by atoms with Crippen molar-refractivity contribution in [1.82, 2.24) is 29.0 Å². The van der Waals surface area contributed by atoms with Gasteiger partial charge in [-0.2, -0.15) is 9.40 Å². The molecule has 1 unspecified atom stereocenters. The average Bonchev–Trinajstić information content (AvgIpc) is 3.18. The number of likely N-dealkylation sites (tertiary alicyclic amines) is 1. The van der Waals surface area contributed by atoms with Gasteiger partial charge in [-0.25, -0.2) is 18.4 Å². The van der Waals surface area contributed by atoms with Crippen molar-refractivity contribution >= 4 is 10.0 Å². The molecule has 8 nitrogen and oxygen atoms in total. The first kappa shape index (κ1) is 18.5. The lowest BCUT2D eigenvalue weighted by Crippen LogP contribution is -2.37. The van der Waals surface area contributed by atoms with Gasteiger partial charge in [-0.05, 0) is 33.4 Å². The van der Waals surface area contributed by atoms with E-state index in [0.717, 1.165) is 30.0 Å². The number of aryl methyl sites for hydroxylation is 1. The van der Waals surface area contributed by atoms with Gasteiger partial charge in [0.05, 0.1) is 12.2 Å². The molecule has 0 radical (unpaired) electrons. The summed E-state index contributed by atoms with van der Waals surface area (Å²) in [6.07, 6.45) is 8.94. The van der Waals surface area contributed by atoms with Crippen molar-refractivity contribution in [3.05, 3.63) is 35.7 Å². The molecule has 0 N–H and O–H groups in total. The predicted octanol–water partition coefficient (Wildman–Crippen LogP) is 1.60. The number of aromatic nitrogens is 4. The molecular weight excluding hydrogens is 364 g/mol. The molecule has 146 valence electrons. The maximum absolute atomic E-state index is 12.9. The van der Waals surface area contributed by atoms with Gasteiger partial charge < -0.3 is 0 Å². The molecular formula is C18H26N6O2S. The summed E-state index contributed by atoms with van der Waals surface area (Å²) in [4.78, 5) is 11.9. The summed E-state index contributed by atoms with van der Waals surface area (Å²) in [5.41, 5.74) is 1.88. The van der Waals surface area contributed by atoms with Gasteiger partial charge in [-0.3, -0.25) is 9.58 Å². The van der Waals surface area contributed by atoms with Gasteiger partial charge in [0.2, 0.25) is 10.0 Å². The van der Waals surface area contributed by atoms with Gasteiger partial charge in [0.15, 0.2) is 0 Å². The standard InChI is InChI=1S/C18H26N6O2S/c1-3-23-13-15(11-20-23)27(25,26)24-9-7-16-14(12-24)10-19-18(21-16)17-6-4-5-8-22(17)2/h10-11,13,17H,3-9,12H2,1-2H3. The predicted molar refractivity (Wildman–Crippen MR) is 100 cm³/mol. The Hall–Kier alpha value is -1.84. The second-order valence-electron chi connectivity index (χ2n) is 7.31. The van der Waals surface area contributed by atoms with E-state index in [-0.39, 0.29) is 10.9 Å². The molecule has 2 aliphatic rings. The van der Waals surface area contributed by atoms with Gasteiger partial charge in [0.25, 0.3) is 0 Å². The van der Waals surface area contributed by atoms with Crippen LogP contribution < -0.4 is 0 Å². The highest BCUT2D eigenvalue weighted by Crippen LogP contribution is 2.29. The quantitative estimate of drug-likeness (QED) is 0.788. The number of nitrogens with zero attached hydrogens (tertiary/aromatic N) is 6. The van der Waals surface area contributed by atoms with Crippen LogP contribution in [0.4, 0.5) is 0 Å². The Morgan fingerprint density at radius 1 is 1.22 bits per heavy atom. The fourth-order valence-electron chi connectivity index (χ4n) is 3.87. The van der Waals surface area contributed by atoms with E-state index in [2.05, 4.69) is 22.0 Å². The Morgan fingerprint density at radius 2 is 2.07 bits per heavy atom. The largest absolute Gasteiger partial charge is 0.296 e. The molecule has 2 aromatic heterocycles. The number of sulfonamides is 1. The van der Waals surface area contributed by atoms with E-state index in [1.807, 2.05) is 13.1 Å². The number of fused-ring (bicyclic) bond motifs is 1. The van der Waals surface area contributed by atoms with Gasteiger partial charge in [0.1, 0.15) is 10.7 Å². The minimum Gasteiger partial charge on any atom is -0.296 e. The second-order valence-corrected chi connectivity index (χ2v) is 9.25. The van der Waals surface area contributed by atoms with Crippen molar-refractivity contribution < 1.29 is 8.42 Å². The fraction of sp³-hybridized carbons (Fsp3) is 0.611. The van der Waals surface area contributed by atoms with Crippen molar-refractivity contribution in [2.45, 2.75) is 56.6 Å². The molecule has 0 spiro atoms. The molecule has 4 rings (SSSR count). The smallest absolute Gasteiger partial charge is 0.246 e. The van der Waals surface area contributed by atoms with Crippen LogP contribution in [0.15, 0.2) is 23.5 Å². The van der Waals surface area contributed by atoms with Crippen LogP contribution in [0.25, 0.3) is 0 Å². The molecule has 0 bridgehead atoms. The average molecular weight is 391 g/mol. The normalized spacial score (nSPS) is 21.9. The number of rotatable bonds is 4. The molecule has 1 fully saturated rings. The first-order valence-corrected chi connectivity index (χ1v) is 11.0. The summed E-state index contributed by atoms with van der Waals surface area (Å²) in [6.45, 7) is 4.39. The molecule has 0 aromatic carbocycles. The Balaban J connectivity index is 1.55. The van der Waals surface area contributed by atoms with E-state index < -0.39 is 10.0 Å². The monoisotopic (exact) mass is 390 g/mol. The molecule has 2 aliphatic heterocycles. The third kappa shape index (κ3) is 3.51. The summed E-state index contributed by atoms with van der Waals surface area (Å²) in [7, 11) is -1.42. The van der Waals surface area contributed by atoms with Crippen molar-refractivity contribution in [1.29, 1.82) is 0 Å². The van der Waals surface area contributed by atoms with E-state index in [0.29, 0.717) is 26.1 Å². The van der Waals surface area contributed by atoms with Crippen LogP contribution in [-0.2, 0) is 29.5 Å². The zero-order valence-electron chi connectivity index (χ0n) is 15.9. The first-order valence-electron chi connectivity index (χ1n) is 9.56.